The van der Waals surface area contributed by atoms with E-state index in [2.05, 4.69) is 4.90 Å². The molecule has 19 heavy (non-hydrogen) atoms. The van der Waals surface area contributed by atoms with E-state index < -0.39 is 0 Å². The van der Waals surface area contributed by atoms with Crippen LogP contribution in [-0.2, 0) is 9.47 Å². The van der Waals surface area contributed by atoms with Crippen molar-refractivity contribution in [2.45, 2.75) is 26.1 Å². The maximum Gasteiger partial charge on any atom is 0.340 e. The molecule has 1 fully saturated rings. The summed E-state index contributed by atoms with van der Waals surface area (Å²) in [5.74, 6) is -0.367. The normalized spacial score (nSPS) is 23.2. The Kier molecular flexibility index (Phi) is 3.95. The predicted molar refractivity (Wildman–Crippen MR) is 74.4 cm³/mol. The Labute approximate surface area is 113 Å². The molecule has 2 N–H and O–H groups in total. The van der Waals surface area contributed by atoms with E-state index in [1.807, 2.05) is 13.8 Å². The number of methoxy groups -OCH3 is 1. The minimum Gasteiger partial charge on any atom is -0.465 e. The van der Waals surface area contributed by atoms with E-state index in [4.69, 9.17) is 15.2 Å². The number of morpholine rings is 1. The van der Waals surface area contributed by atoms with Crippen LogP contribution in [0.2, 0.25) is 0 Å². The van der Waals surface area contributed by atoms with Crippen LogP contribution in [0.15, 0.2) is 18.2 Å². The van der Waals surface area contributed by atoms with E-state index in [-0.39, 0.29) is 18.2 Å². The molecule has 0 aromatic heterocycles. The Morgan fingerprint density at radius 2 is 2.00 bits per heavy atom. The predicted octanol–water partition coefficient (Wildman–Crippen LogP) is 1.67. The molecule has 1 heterocycles. The first-order valence-electron chi connectivity index (χ1n) is 6.40. The summed E-state index contributed by atoms with van der Waals surface area (Å²) in [4.78, 5) is 14.0. The van der Waals surface area contributed by atoms with Gasteiger partial charge in [-0.25, -0.2) is 4.79 Å². The van der Waals surface area contributed by atoms with Crippen LogP contribution in [0, 0.1) is 0 Å². The maximum absolute atomic E-state index is 11.9. The summed E-state index contributed by atoms with van der Waals surface area (Å²) in [6.45, 7) is 5.45. The summed E-state index contributed by atoms with van der Waals surface area (Å²) in [6, 6.07) is 5.30. The summed E-state index contributed by atoms with van der Waals surface area (Å²) >= 11 is 0. The molecule has 0 aliphatic carbocycles. The van der Waals surface area contributed by atoms with Crippen LogP contribution >= 0.6 is 0 Å². The summed E-state index contributed by atoms with van der Waals surface area (Å²) in [6.07, 6.45) is 0.211. The number of benzene rings is 1. The number of carbonyl (C=O) groups excluding carboxylic acids is 1. The molecular formula is C14H20N2O3. The van der Waals surface area contributed by atoms with Gasteiger partial charge in [0.2, 0.25) is 0 Å². The molecule has 5 nitrogen and oxygen atoms in total. The smallest absolute Gasteiger partial charge is 0.340 e. The lowest BCUT2D eigenvalue weighted by Crippen LogP contribution is -2.46. The summed E-state index contributed by atoms with van der Waals surface area (Å²) in [5, 5.41) is 0. The number of nitrogens with two attached hydrogens (primary N) is 1. The highest BCUT2D eigenvalue weighted by atomic mass is 16.5. The first kappa shape index (κ1) is 13.7. The summed E-state index contributed by atoms with van der Waals surface area (Å²) < 4.78 is 10.5. The van der Waals surface area contributed by atoms with E-state index in [9.17, 15) is 4.79 Å². The molecule has 1 aromatic rings. The minimum atomic E-state index is -0.367. The van der Waals surface area contributed by atoms with Gasteiger partial charge in [-0.1, -0.05) is 6.07 Å². The van der Waals surface area contributed by atoms with Crippen molar-refractivity contribution in [3.63, 3.8) is 0 Å². The molecule has 0 saturated carbocycles. The first-order chi connectivity index (χ1) is 9.02. The molecule has 104 valence electrons. The Bertz CT molecular complexity index is 466. The number of hydrogen-bond donors (Lipinski definition) is 1. The largest absolute Gasteiger partial charge is 0.465 e. The SMILES string of the molecule is COC(=O)c1cccc(N)c1N1C[C@@H](C)O[C@@H](C)C1. The third kappa shape index (κ3) is 2.81. The highest BCUT2D eigenvalue weighted by molar-refractivity contribution is 5.99. The van der Waals surface area contributed by atoms with Crippen LogP contribution in [0.1, 0.15) is 24.2 Å². The van der Waals surface area contributed by atoms with Gasteiger partial charge < -0.3 is 20.1 Å². The molecule has 5 heteroatoms. The number of carbonyl (C=O) groups is 1. The van der Waals surface area contributed by atoms with Gasteiger partial charge in [0, 0.05) is 13.1 Å². The van der Waals surface area contributed by atoms with Gasteiger partial charge in [-0.3, -0.25) is 0 Å². The number of nitrogens with zero attached hydrogens (tertiary/aromatic N) is 1. The summed E-state index contributed by atoms with van der Waals surface area (Å²) in [5.41, 5.74) is 7.88. The van der Waals surface area contributed by atoms with Crippen LogP contribution < -0.4 is 10.6 Å². The average Bonchev–Trinajstić information content (AvgIpc) is 2.36. The fourth-order valence-corrected chi connectivity index (χ4v) is 2.55. The number of ether oxygens (including phenoxy) is 2. The molecule has 0 unspecified atom stereocenters. The van der Waals surface area contributed by atoms with Crippen molar-refractivity contribution in [3.05, 3.63) is 23.8 Å². The zero-order valence-corrected chi connectivity index (χ0v) is 11.6. The second-order valence-corrected chi connectivity index (χ2v) is 4.90. The molecule has 1 saturated heterocycles. The lowest BCUT2D eigenvalue weighted by Gasteiger charge is -2.38. The fourth-order valence-electron chi connectivity index (χ4n) is 2.55. The van der Waals surface area contributed by atoms with Crippen molar-refractivity contribution in [2.24, 2.45) is 0 Å². The molecule has 0 radical (unpaired) electrons. The molecule has 2 rings (SSSR count). The molecule has 0 amide bonds. The third-order valence-corrected chi connectivity index (χ3v) is 3.21. The molecule has 1 aliphatic heterocycles. The van der Waals surface area contributed by atoms with Crippen molar-refractivity contribution >= 4 is 17.3 Å². The Hall–Kier alpha value is -1.75. The molecule has 0 spiro atoms. The Balaban J connectivity index is 2.40. The Morgan fingerprint density at radius 3 is 2.58 bits per heavy atom. The number of hydrogen-bond acceptors (Lipinski definition) is 5. The van der Waals surface area contributed by atoms with Crippen molar-refractivity contribution in [1.82, 2.24) is 0 Å². The zero-order valence-electron chi connectivity index (χ0n) is 11.6. The van der Waals surface area contributed by atoms with Crippen molar-refractivity contribution < 1.29 is 14.3 Å². The lowest BCUT2D eigenvalue weighted by molar-refractivity contribution is -0.00528. The van der Waals surface area contributed by atoms with Gasteiger partial charge in [0.25, 0.3) is 0 Å². The lowest BCUT2D eigenvalue weighted by atomic mass is 10.1. The van der Waals surface area contributed by atoms with E-state index >= 15 is 0 Å². The second-order valence-electron chi connectivity index (χ2n) is 4.90. The quantitative estimate of drug-likeness (QED) is 0.650. The van der Waals surface area contributed by atoms with Crippen LogP contribution in [0.4, 0.5) is 11.4 Å². The summed E-state index contributed by atoms with van der Waals surface area (Å²) in [7, 11) is 1.37. The van der Waals surface area contributed by atoms with Gasteiger partial charge in [-0.15, -0.1) is 0 Å². The topological polar surface area (TPSA) is 64.8 Å². The molecular weight excluding hydrogens is 244 g/mol. The highest BCUT2D eigenvalue weighted by Gasteiger charge is 2.27. The van der Waals surface area contributed by atoms with Gasteiger partial charge in [0.15, 0.2) is 0 Å². The Morgan fingerprint density at radius 1 is 1.37 bits per heavy atom. The third-order valence-electron chi connectivity index (χ3n) is 3.21. The van der Waals surface area contributed by atoms with Gasteiger partial charge >= 0.3 is 5.97 Å². The molecule has 1 aromatic carbocycles. The monoisotopic (exact) mass is 264 g/mol. The van der Waals surface area contributed by atoms with Gasteiger partial charge in [0.1, 0.15) is 0 Å². The van der Waals surface area contributed by atoms with Crippen LogP contribution in [-0.4, -0.2) is 38.4 Å². The molecule has 1 aliphatic rings. The van der Waals surface area contributed by atoms with Crippen molar-refractivity contribution in [1.29, 1.82) is 0 Å². The van der Waals surface area contributed by atoms with E-state index in [1.165, 1.54) is 7.11 Å². The fraction of sp³-hybridized carbons (Fsp3) is 0.500. The number of para-hydroxylation sites is 1. The van der Waals surface area contributed by atoms with Gasteiger partial charge in [0.05, 0.1) is 36.3 Å². The minimum absolute atomic E-state index is 0.105. The van der Waals surface area contributed by atoms with Crippen molar-refractivity contribution in [2.75, 3.05) is 30.8 Å². The zero-order chi connectivity index (χ0) is 14.0. The number of rotatable bonds is 2. The number of esters is 1. The van der Waals surface area contributed by atoms with E-state index in [0.29, 0.717) is 24.3 Å². The average molecular weight is 264 g/mol. The van der Waals surface area contributed by atoms with E-state index in [0.717, 1.165) is 5.69 Å². The molecule has 2 atom stereocenters. The van der Waals surface area contributed by atoms with Gasteiger partial charge in [-0.05, 0) is 26.0 Å². The van der Waals surface area contributed by atoms with Gasteiger partial charge in [-0.2, -0.15) is 0 Å². The highest BCUT2D eigenvalue weighted by Crippen LogP contribution is 2.30. The van der Waals surface area contributed by atoms with Crippen molar-refractivity contribution in [3.8, 4) is 0 Å². The van der Waals surface area contributed by atoms with Crippen LogP contribution in [0.3, 0.4) is 0 Å². The standard InChI is InChI=1S/C14H20N2O3/c1-9-7-16(8-10(2)19-9)13-11(14(17)18-3)5-4-6-12(13)15/h4-6,9-10H,7-8,15H2,1-3H3/t9-,10+. The second kappa shape index (κ2) is 5.48. The van der Waals surface area contributed by atoms with E-state index in [1.54, 1.807) is 18.2 Å². The maximum atomic E-state index is 11.9. The first-order valence-corrected chi connectivity index (χ1v) is 6.40. The number of anilines is 2. The molecule has 0 bridgehead atoms. The van der Waals surface area contributed by atoms with Crippen LogP contribution in [0.5, 0.6) is 0 Å². The van der Waals surface area contributed by atoms with Crippen LogP contribution in [0.25, 0.3) is 0 Å². The number of nitrogen functional groups attached to an aromatic ring is 1.